The van der Waals surface area contributed by atoms with Crippen LogP contribution in [0.15, 0.2) is 85.1 Å². The van der Waals surface area contributed by atoms with Crippen LogP contribution in [0.5, 0.6) is 0 Å². The molecular weight excluding hydrogens is 505 g/mol. The monoisotopic (exact) mass is 532 g/mol. The highest BCUT2D eigenvalue weighted by Gasteiger charge is 2.35. The summed E-state index contributed by atoms with van der Waals surface area (Å²) in [6.07, 6.45) is 0.884. The van der Waals surface area contributed by atoms with Crippen LogP contribution < -0.4 is 5.73 Å². The standard InChI is InChI=1S/C30H27F3N4O2/c31-30(32,33)23-14-21(15-24(34)17-23)29(39)37-13-12-36(28(38)11-10-20-6-2-1-3-7-20)19-25(37)16-22-18-35-27-9-5-4-8-26(22)27/h1-11,14-15,17-18,25,35H,12-13,16,19,34H2/t25-/m1/s1. The van der Waals surface area contributed by atoms with Crippen molar-refractivity contribution in [3.63, 3.8) is 0 Å². The summed E-state index contributed by atoms with van der Waals surface area (Å²) < 4.78 is 40.3. The number of amides is 2. The quantitative estimate of drug-likeness (QED) is 0.268. The van der Waals surface area contributed by atoms with Gasteiger partial charge in [0, 0.05) is 54.1 Å². The van der Waals surface area contributed by atoms with Crippen LogP contribution in [0.25, 0.3) is 17.0 Å². The van der Waals surface area contributed by atoms with Crippen molar-refractivity contribution in [1.82, 2.24) is 14.8 Å². The van der Waals surface area contributed by atoms with Crippen molar-refractivity contribution >= 4 is 34.5 Å². The molecule has 0 saturated carbocycles. The molecule has 1 aromatic heterocycles. The molecule has 3 N–H and O–H groups in total. The first-order valence-corrected chi connectivity index (χ1v) is 12.5. The number of aromatic nitrogens is 1. The van der Waals surface area contributed by atoms with Crippen LogP contribution in [0.3, 0.4) is 0 Å². The van der Waals surface area contributed by atoms with Gasteiger partial charge in [-0.25, -0.2) is 0 Å². The molecule has 1 atom stereocenters. The van der Waals surface area contributed by atoms with Crippen LogP contribution in [0.4, 0.5) is 18.9 Å². The zero-order chi connectivity index (χ0) is 27.6. The average molecular weight is 533 g/mol. The lowest BCUT2D eigenvalue weighted by Gasteiger charge is -2.41. The smallest absolute Gasteiger partial charge is 0.399 e. The molecule has 39 heavy (non-hydrogen) atoms. The van der Waals surface area contributed by atoms with Crippen molar-refractivity contribution in [3.8, 4) is 0 Å². The number of H-pyrrole nitrogens is 1. The molecule has 3 aromatic carbocycles. The van der Waals surface area contributed by atoms with Gasteiger partial charge < -0.3 is 20.5 Å². The van der Waals surface area contributed by atoms with Gasteiger partial charge in [0.1, 0.15) is 0 Å². The van der Waals surface area contributed by atoms with Gasteiger partial charge in [0.05, 0.1) is 11.6 Å². The van der Waals surface area contributed by atoms with E-state index in [2.05, 4.69) is 4.98 Å². The second-order valence-electron chi connectivity index (χ2n) is 9.59. The summed E-state index contributed by atoms with van der Waals surface area (Å²) in [6, 6.07) is 19.6. The van der Waals surface area contributed by atoms with Gasteiger partial charge in [0.25, 0.3) is 5.91 Å². The summed E-state index contributed by atoms with van der Waals surface area (Å²) >= 11 is 0. The van der Waals surface area contributed by atoms with Gasteiger partial charge in [-0.1, -0.05) is 48.5 Å². The SMILES string of the molecule is Nc1cc(C(=O)N2CCN(C(=O)C=Cc3ccccc3)C[C@H]2Cc2c[nH]c3ccccc23)cc(C(F)(F)F)c1. The number of para-hydroxylation sites is 1. The van der Waals surface area contributed by atoms with Gasteiger partial charge in [-0.15, -0.1) is 0 Å². The number of rotatable bonds is 5. The molecule has 0 radical (unpaired) electrons. The molecule has 200 valence electrons. The van der Waals surface area contributed by atoms with E-state index in [0.717, 1.165) is 34.2 Å². The van der Waals surface area contributed by atoms with Crippen molar-refractivity contribution < 1.29 is 22.8 Å². The van der Waals surface area contributed by atoms with Crippen LogP contribution in [0, 0.1) is 0 Å². The highest BCUT2D eigenvalue weighted by molar-refractivity contribution is 5.96. The fraction of sp³-hybridized carbons (Fsp3) is 0.200. The molecule has 0 bridgehead atoms. The second kappa shape index (κ2) is 10.7. The highest BCUT2D eigenvalue weighted by atomic mass is 19.4. The van der Waals surface area contributed by atoms with Gasteiger partial charge in [0.2, 0.25) is 5.91 Å². The number of nitrogens with zero attached hydrogens (tertiary/aromatic N) is 2. The molecule has 1 saturated heterocycles. The summed E-state index contributed by atoms with van der Waals surface area (Å²) in [5, 5.41) is 0.987. The number of hydrogen-bond acceptors (Lipinski definition) is 3. The fourth-order valence-electron chi connectivity index (χ4n) is 4.99. The minimum atomic E-state index is -4.63. The van der Waals surface area contributed by atoms with E-state index in [9.17, 15) is 22.8 Å². The third-order valence-corrected chi connectivity index (χ3v) is 6.93. The lowest BCUT2D eigenvalue weighted by atomic mass is 9.99. The molecule has 1 aliphatic heterocycles. The number of aromatic amines is 1. The van der Waals surface area contributed by atoms with Crippen LogP contribution in [-0.2, 0) is 17.4 Å². The van der Waals surface area contributed by atoms with E-state index < -0.39 is 23.7 Å². The Labute approximate surface area is 223 Å². The number of fused-ring (bicyclic) bond motifs is 1. The Morgan fingerprint density at radius 2 is 1.74 bits per heavy atom. The Morgan fingerprint density at radius 1 is 1.00 bits per heavy atom. The lowest BCUT2D eigenvalue weighted by molar-refractivity contribution is -0.137. The van der Waals surface area contributed by atoms with E-state index in [1.54, 1.807) is 15.9 Å². The Bertz CT molecular complexity index is 1530. The number of halogens is 3. The van der Waals surface area contributed by atoms with Crippen LogP contribution in [0.2, 0.25) is 0 Å². The fourth-order valence-corrected chi connectivity index (χ4v) is 4.99. The molecule has 5 rings (SSSR count). The topological polar surface area (TPSA) is 82.4 Å². The van der Waals surface area contributed by atoms with E-state index in [0.29, 0.717) is 6.42 Å². The molecule has 2 heterocycles. The first-order chi connectivity index (χ1) is 18.7. The summed E-state index contributed by atoms with van der Waals surface area (Å²) in [6.45, 7) is 0.660. The Kier molecular flexibility index (Phi) is 7.15. The number of hydrogen-bond donors (Lipinski definition) is 2. The molecule has 1 aliphatic rings. The zero-order valence-electron chi connectivity index (χ0n) is 21.0. The highest BCUT2D eigenvalue weighted by Crippen LogP contribution is 2.32. The van der Waals surface area contributed by atoms with Crippen molar-refractivity contribution in [2.24, 2.45) is 0 Å². The Balaban J connectivity index is 1.43. The number of carbonyl (C=O) groups excluding carboxylic acids is 2. The van der Waals surface area contributed by atoms with Crippen molar-refractivity contribution in [2.45, 2.75) is 18.6 Å². The predicted octanol–water partition coefficient (Wildman–Crippen LogP) is 5.38. The molecule has 6 nitrogen and oxygen atoms in total. The number of anilines is 1. The third kappa shape index (κ3) is 5.82. The maximum Gasteiger partial charge on any atom is 0.416 e. The second-order valence-corrected chi connectivity index (χ2v) is 9.59. The molecule has 0 unspecified atom stereocenters. The van der Waals surface area contributed by atoms with E-state index in [1.807, 2.05) is 60.8 Å². The minimum Gasteiger partial charge on any atom is -0.399 e. The van der Waals surface area contributed by atoms with E-state index >= 15 is 0 Å². The van der Waals surface area contributed by atoms with Gasteiger partial charge in [0.15, 0.2) is 0 Å². The number of carbonyl (C=O) groups is 2. The largest absolute Gasteiger partial charge is 0.416 e. The molecular formula is C30H27F3N4O2. The van der Waals surface area contributed by atoms with Crippen molar-refractivity contribution in [2.75, 3.05) is 25.4 Å². The Morgan fingerprint density at radius 3 is 2.51 bits per heavy atom. The lowest BCUT2D eigenvalue weighted by Crippen LogP contribution is -2.57. The number of nitrogen functional groups attached to an aromatic ring is 1. The maximum absolute atomic E-state index is 13.6. The van der Waals surface area contributed by atoms with Crippen molar-refractivity contribution in [1.29, 1.82) is 0 Å². The number of alkyl halides is 3. The van der Waals surface area contributed by atoms with Crippen LogP contribution in [0.1, 0.15) is 27.0 Å². The first-order valence-electron chi connectivity index (χ1n) is 12.5. The van der Waals surface area contributed by atoms with Gasteiger partial charge in [-0.05, 0) is 47.9 Å². The van der Waals surface area contributed by atoms with E-state index in [4.69, 9.17) is 5.73 Å². The van der Waals surface area contributed by atoms with Crippen LogP contribution in [-0.4, -0.2) is 52.3 Å². The minimum absolute atomic E-state index is 0.130. The summed E-state index contributed by atoms with van der Waals surface area (Å²) in [5.74, 6) is -0.747. The molecule has 9 heteroatoms. The first kappa shape index (κ1) is 26.1. The zero-order valence-corrected chi connectivity index (χ0v) is 21.0. The number of piperazine rings is 1. The summed E-state index contributed by atoms with van der Waals surface area (Å²) in [4.78, 5) is 33.1. The Hall–Kier alpha value is -4.53. The number of benzene rings is 3. The average Bonchev–Trinajstić information content (AvgIpc) is 3.34. The molecule has 0 spiro atoms. The van der Waals surface area contributed by atoms with E-state index in [-0.39, 0.29) is 36.8 Å². The summed E-state index contributed by atoms with van der Waals surface area (Å²) in [7, 11) is 0. The molecule has 1 fully saturated rings. The predicted molar refractivity (Wildman–Crippen MR) is 145 cm³/mol. The molecule has 2 amide bonds. The van der Waals surface area contributed by atoms with Gasteiger partial charge in [-0.3, -0.25) is 9.59 Å². The number of nitrogens with two attached hydrogens (primary N) is 1. The number of nitrogens with one attached hydrogen (secondary N) is 1. The maximum atomic E-state index is 13.6. The van der Waals surface area contributed by atoms with Gasteiger partial charge in [-0.2, -0.15) is 13.2 Å². The third-order valence-electron chi connectivity index (χ3n) is 6.93. The summed E-state index contributed by atoms with van der Waals surface area (Å²) in [5.41, 5.74) is 7.27. The van der Waals surface area contributed by atoms with Crippen molar-refractivity contribution in [3.05, 3.63) is 107 Å². The molecule has 0 aliphatic carbocycles. The van der Waals surface area contributed by atoms with Crippen LogP contribution >= 0.6 is 0 Å². The normalized spacial score (nSPS) is 16.2. The molecule has 4 aromatic rings. The van der Waals surface area contributed by atoms with E-state index in [1.165, 1.54) is 12.1 Å². The van der Waals surface area contributed by atoms with Gasteiger partial charge >= 0.3 is 6.18 Å².